The quantitative estimate of drug-likeness (QED) is 0.0587. The fourth-order valence-electron chi connectivity index (χ4n) is 4.45. The number of rotatable bonds is 25. The Kier molecular flexibility index (Phi) is 18.9. The Bertz CT molecular complexity index is 1090. The SMILES string of the molecule is CC(=O)CCC(=O)COC(=O)CCCCC(=O)OCCC(C)(C)OCCC(C)(C)OC(=O)CCCCC(=O)OCC1C(=O)CCC1=O. The topological polar surface area (TPSA) is 183 Å². The van der Waals surface area contributed by atoms with Crippen molar-refractivity contribution in [3.05, 3.63) is 0 Å². The van der Waals surface area contributed by atoms with Crippen LogP contribution < -0.4 is 0 Å². The zero-order chi connectivity index (χ0) is 35.5. The van der Waals surface area contributed by atoms with Crippen LogP contribution in [0, 0.1) is 5.92 Å². The molecule has 1 rings (SSSR count). The van der Waals surface area contributed by atoms with Gasteiger partial charge in [0.25, 0.3) is 0 Å². The van der Waals surface area contributed by atoms with Crippen LogP contribution in [0.2, 0.25) is 0 Å². The minimum Gasteiger partial charge on any atom is -0.466 e. The summed E-state index contributed by atoms with van der Waals surface area (Å²) in [5.41, 5.74) is -1.38. The highest BCUT2D eigenvalue weighted by Gasteiger charge is 2.33. The zero-order valence-corrected chi connectivity index (χ0v) is 28.6. The van der Waals surface area contributed by atoms with Crippen molar-refractivity contribution in [3.63, 3.8) is 0 Å². The molecule has 0 heterocycles. The Hall–Kier alpha value is -3.48. The molecule has 1 aliphatic rings. The molecule has 0 aromatic rings. The molecule has 266 valence electrons. The largest absolute Gasteiger partial charge is 0.466 e. The Morgan fingerprint density at radius 2 is 1.11 bits per heavy atom. The molecule has 1 fully saturated rings. The van der Waals surface area contributed by atoms with E-state index >= 15 is 0 Å². The highest BCUT2D eigenvalue weighted by molar-refractivity contribution is 6.08. The molecule has 47 heavy (non-hydrogen) atoms. The van der Waals surface area contributed by atoms with Crippen LogP contribution >= 0.6 is 0 Å². The summed E-state index contributed by atoms with van der Waals surface area (Å²) in [6.07, 6.45) is 3.55. The van der Waals surface area contributed by atoms with Crippen molar-refractivity contribution in [2.75, 3.05) is 26.4 Å². The van der Waals surface area contributed by atoms with E-state index in [0.717, 1.165) is 0 Å². The van der Waals surface area contributed by atoms with E-state index in [-0.39, 0.29) is 94.3 Å². The predicted molar refractivity (Wildman–Crippen MR) is 167 cm³/mol. The molecule has 0 N–H and O–H groups in total. The molecule has 0 aromatic carbocycles. The van der Waals surface area contributed by atoms with Gasteiger partial charge in [0.05, 0.1) is 18.8 Å². The summed E-state index contributed by atoms with van der Waals surface area (Å²) in [6, 6.07) is 0. The number of carbonyl (C=O) groups excluding carboxylic acids is 8. The Labute approximate surface area is 277 Å². The van der Waals surface area contributed by atoms with Crippen molar-refractivity contribution in [2.24, 2.45) is 5.92 Å². The molecule has 1 aliphatic carbocycles. The number of ketones is 4. The van der Waals surface area contributed by atoms with E-state index in [2.05, 4.69) is 0 Å². The van der Waals surface area contributed by atoms with Crippen molar-refractivity contribution in [1.29, 1.82) is 0 Å². The minimum atomic E-state index is -0.839. The molecule has 0 spiro atoms. The van der Waals surface area contributed by atoms with E-state index in [1.165, 1.54) is 6.92 Å². The maximum Gasteiger partial charge on any atom is 0.306 e. The molecule has 0 amide bonds. The highest BCUT2D eigenvalue weighted by Crippen LogP contribution is 2.21. The number of hydrogen-bond donors (Lipinski definition) is 0. The van der Waals surface area contributed by atoms with E-state index in [4.69, 9.17) is 23.7 Å². The summed E-state index contributed by atoms with van der Waals surface area (Å²) < 4.78 is 26.7. The first kappa shape index (κ1) is 41.5. The van der Waals surface area contributed by atoms with E-state index in [9.17, 15) is 38.4 Å². The van der Waals surface area contributed by atoms with Crippen LogP contribution in [-0.2, 0) is 62.0 Å². The lowest BCUT2D eigenvalue weighted by Crippen LogP contribution is -2.33. The van der Waals surface area contributed by atoms with Gasteiger partial charge in [0.15, 0.2) is 5.78 Å². The number of esters is 4. The second-order valence-electron chi connectivity index (χ2n) is 13.0. The zero-order valence-electron chi connectivity index (χ0n) is 28.6. The van der Waals surface area contributed by atoms with Crippen LogP contribution in [0.15, 0.2) is 0 Å². The fourth-order valence-corrected chi connectivity index (χ4v) is 4.45. The molecule has 0 radical (unpaired) electrons. The number of carbonyl (C=O) groups is 8. The number of ether oxygens (including phenoxy) is 5. The second kappa shape index (κ2) is 21.4. The lowest BCUT2D eigenvalue weighted by Gasteiger charge is -2.29. The van der Waals surface area contributed by atoms with Gasteiger partial charge in [-0.1, -0.05) is 0 Å². The summed E-state index contributed by atoms with van der Waals surface area (Å²) in [4.78, 5) is 93.6. The van der Waals surface area contributed by atoms with Gasteiger partial charge in [-0.3, -0.25) is 33.6 Å². The Morgan fingerprint density at radius 1 is 0.617 bits per heavy atom. The smallest absolute Gasteiger partial charge is 0.306 e. The number of unbranched alkanes of at least 4 members (excludes halogenated alkanes) is 2. The Morgan fingerprint density at radius 3 is 1.66 bits per heavy atom. The van der Waals surface area contributed by atoms with Gasteiger partial charge in [0.2, 0.25) is 0 Å². The van der Waals surface area contributed by atoms with Gasteiger partial charge < -0.3 is 28.5 Å². The number of hydrogen-bond acceptors (Lipinski definition) is 13. The van der Waals surface area contributed by atoms with Crippen LogP contribution in [0.5, 0.6) is 0 Å². The van der Waals surface area contributed by atoms with Crippen molar-refractivity contribution in [3.8, 4) is 0 Å². The standard InChI is InChI=1S/C34H52O13/c1-24(35)14-15-25(36)22-44-30(40)11-7-6-10-29(39)43-20-18-33(2,3)46-21-19-34(4,5)47-32(42)13-9-8-12-31(41)45-23-26-27(37)16-17-28(26)38/h26H,6-23H2,1-5H3. The molecule has 1 saturated carbocycles. The third-order valence-electron chi connectivity index (χ3n) is 7.53. The lowest BCUT2D eigenvalue weighted by molar-refractivity contribution is -0.160. The van der Waals surface area contributed by atoms with Gasteiger partial charge in [-0.25, -0.2) is 0 Å². The van der Waals surface area contributed by atoms with Crippen molar-refractivity contribution >= 4 is 47.0 Å². The van der Waals surface area contributed by atoms with Crippen molar-refractivity contribution in [1.82, 2.24) is 0 Å². The van der Waals surface area contributed by atoms with Gasteiger partial charge in [-0.2, -0.15) is 0 Å². The average Bonchev–Trinajstić information content (AvgIpc) is 3.29. The molecule has 0 saturated heterocycles. The number of Topliss-reactive ketones (excluding diaryl/α,β-unsaturated/α-hetero) is 4. The molecule has 0 aliphatic heterocycles. The molecule has 0 unspecified atom stereocenters. The summed E-state index contributed by atoms with van der Waals surface area (Å²) in [7, 11) is 0. The average molecular weight is 669 g/mol. The molecular formula is C34H52O13. The van der Waals surface area contributed by atoms with Gasteiger partial charge >= 0.3 is 23.9 Å². The Balaban J connectivity index is 2.13. The van der Waals surface area contributed by atoms with Crippen LogP contribution in [-0.4, -0.2) is 84.6 Å². The normalized spacial score (nSPS) is 13.7. The monoisotopic (exact) mass is 668 g/mol. The van der Waals surface area contributed by atoms with Gasteiger partial charge in [0.1, 0.15) is 42.1 Å². The van der Waals surface area contributed by atoms with E-state index < -0.39 is 41.0 Å². The van der Waals surface area contributed by atoms with E-state index in [1.807, 2.05) is 13.8 Å². The van der Waals surface area contributed by atoms with Crippen LogP contribution in [0.4, 0.5) is 0 Å². The summed E-state index contributed by atoms with van der Waals surface area (Å²) >= 11 is 0. The molecule has 13 heteroatoms. The molecule has 0 aromatic heterocycles. The first-order valence-corrected chi connectivity index (χ1v) is 16.4. The van der Waals surface area contributed by atoms with Crippen LogP contribution in [0.3, 0.4) is 0 Å². The van der Waals surface area contributed by atoms with Crippen molar-refractivity contribution in [2.45, 2.75) is 136 Å². The predicted octanol–water partition coefficient (Wildman–Crippen LogP) is 4.12. The minimum absolute atomic E-state index is 0.0494. The first-order chi connectivity index (χ1) is 22.0. The summed E-state index contributed by atoms with van der Waals surface area (Å²) in [5.74, 6) is -3.47. The van der Waals surface area contributed by atoms with E-state index in [1.54, 1.807) is 13.8 Å². The maximum absolute atomic E-state index is 12.3. The molecule has 0 atom stereocenters. The third kappa shape index (κ3) is 20.4. The van der Waals surface area contributed by atoms with Gasteiger partial charge in [-0.05, 0) is 60.3 Å². The maximum atomic E-state index is 12.3. The van der Waals surface area contributed by atoms with Gasteiger partial charge in [-0.15, -0.1) is 0 Å². The van der Waals surface area contributed by atoms with Crippen LogP contribution in [0.25, 0.3) is 0 Å². The van der Waals surface area contributed by atoms with Crippen molar-refractivity contribution < 1.29 is 62.0 Å². The van der Waals surface area contributed by atoms with Crippen LogP contribution in [0.1, 0.15) is 125 Å². The highest BCUT2D eigenvalue weighted by atomic mass is 16.6. The first-order valence-electron chi connectivity index (χ1n) is 16.4. The van der Waals surface area contributed by atoms with E-state index in [0.29, 0.717) is 45.1 Å². The fraction of sp³-hybridized carbons (Fsp3) is 0.765. The lowest BCUT2D eigenvalue weighted by atomic mass is 10.0. The summed E-state index contributed by atoms with van der Waals surface area (Å²) in [6.45, 7) is 8.57. The third-order valence-corrected chi connectivity index (χ3v) is 7.53. The second-order valence-corrected chi connectivity index (χ2v) is 13.0. The molecule has 0 bridgehead atoms. The molecular weight excluding hydrogens is 616 g/mol. The molecule has 13 nitrogen and oxygen atoms in total. The van der Waals surface area contributed by atoms with Gasteiger partial charge in [0, 0.05) is 64.2 Å². The summed E-state index contributed by atoms with van der Waals surface area (Å²) in [5, 5.41) is 0.